The first-order chi connectivity index (χ1) is 17.3. The van der Waals surface area contributed by atoms with Crippen LogP contribution in [0.5, 0.6) is 0 Å². The molecule has 0 atom stereocenters. The fourth-order valence-corrected chi connectivity index (χ4v) is 5.46. The van der Waals surface area contributed by atoms with Gasteiger partial charge in [0.1, 0.15) is 17.1 Å². The van der Waals surface area contributed by atoms with Crippen molar-refractivity contribution < 1.29 is 12.8 Å². The van der Waals surface area contributed by atoms with Crippen LogP contribution in [0.1, 0.15) is 17.7 Å². The fraction of sp³-hybridized carbons (Fsp3) is 0.192. The monoisotopic (exact) mass is 502 g/mol. The Kier molecular flexibility index (Phi) is 5.42. The summed E-state index contributed by atoms with van der Waals surface area (Å²) in [5.41, 5.74) is 6.06. The summed E-state index contributed by atoms with van der Waals surface area (Å²) in [4.78, 5) is 16.8. The van der Waals surface area contributed by atoms with E-state index in [1.165, 1.54) is 22.8 Å². The van der Waals surface area contributed by atoms with Crippen molar-refractivity contribution in [1.82, 2.24) is 28.8 Å². The lowest BCUT2D eigenvalue weighted by molar-refractivity contribution is 0.445. The summed E-state index contributed by atoms with van der Waals surface area (Å²) in [6, 6.07) is 11.5. The van der Waals surface area contributed by atoms with Gasteiger partial charge < -0.3 is 9.55 Å². The van der Waals surface area contributed by atoms with Crippen molar-refractivity contribution in [3.8, 4) is 11.3 Å². The number of hydrogen-bond donors (Lipinski definition) is 1. The van der Waals surface area contributed by atoms with Crippen LogP contribution in [0.2, 0.25) is 0 Å². The normalized spacial score (nSPS) is 15.0. The van der Waals surface area contributed by atoms with Crippen LogP contribution in [0.25, 0.3) is 38.9 Å². The van der Waals surface area contributed by atoms with Crippen molar-refractivity contribution in [3.05, 3.63) is 84.3 Å². The third kappa shape index (κ3) is 4.18. The minimum absolute atomic E-state index is 0.361. The number of sulfonamides is 1. The molecule has 5 aromatic heterocycles. The molecule has 0 saturated carbocycles. The maximum atomic E-state index is 13.6. The van der Waals surface area contributed by atoms with E-state index in [1.807, 2.05) is 41.1 Å². The molecule has 1 aliphatic heterocycles. The van der Waals surface area contributed by atoms with Gasteiger partial charge in [0, 0.05) is 53.7 Å². The Morgan fingerprint density at radius 1 is 1.14 bits per heavy atom. The molecule has 0 saturated heterocycles. The van der Waals surface area contributed by atoms with E-state index in [4.69, 9.17) is 4.98 Å². The first-order valence-corrected chi connectivity index (χ1v) is 13.4. The highest BCUT2D eigenvalue weighted by Gasteiger charge is 2.21. The topological polar surface area (TPSA) is 96.8 Å². The number of nitrogens with zero attached hydrogens (tertiary/aromatic N) is 5. The Balaban J connectivity index is 1.36. The van der Waals surface area contributed by atoms with Crippen LogP contribution >= 0.6 is 0 Å². The number of rotatable bonds is 5. The average molecular weight is 503 g/mol. The predicted octanol–water partition coefficient (Wildman–Crippen LogP) is 4.21. The number of fused-ring (bicyclic) bond motifs is 2. The molecule has 0 radical (unpaired) electrons. The predicted molar refractivity (Wildman–Crippen MR) is 137 cm³/mol. The molecular weight excluding hydrogens is 479 g/mol. The lowest BCUT2D eigenvalue weighted by atomic mass is 10.0. The van der Waals surface area contributed by atoms with Crippen LogP contribution in [0.3, 0.4) is 0 Å². The molecule has 10 heteroatoms. The molecule has 0 unspecified atom stereocenters. The molecule has 0 bridgehead atoms. The summed E-state index contributed by atoms with van der Waals surface area (Å²) >= 11 is 0. The van der Waals surface area contributed by atoms with Crippen LogP contribution in [-0.4, -0.2) is 56.6 Å². The van der Waals surface area contributed by atoms with Gasteiger partial charge in [-0.25, -0.2) is 22.8 Å². The highest BCUT2D eigenvalue weighted by atomic mass is 32.2. The first-order valence-electron chi connectivity index (χ1n) is 11.5. The van der Waals surface area contributed by atoms with Gasteiger partial charge in [-0.15, -0.1) is 0 Å². The molecular formula is C26H23FN6O2S. The van der Waals surface area contributed by atoms with Crippen molar-refractivity contribution in [3.63, 3.8) is 0 Å². The second-order valence-corrected chi connectivity index (χ2v) is 11.0. The number of halogens is 1. The zero-order chi connectivity index (χ0) is 24.9. The highest BCUT2D eigenvalue weighted by molar-refractivity contribution is 7.88. The standard InChI is InChI=1S/C26H23FN6O2S/c1-36(34,35)33-10-6-18(7-11-33)24-13-22-21(4-8-29-25(22)30-24)23-3-2-19-5-9-32(26(19)31-23)16-17-12-20(27)15-28-14-17/h2-6,8-9,12-15H,7,10-11,16H2,1H3,(H,29,30). The first kappa shape index (κ1) is 22.6. The minimum atomic E-state index is -3.20. The van der Waals surface area contributed by atoms with Gasteiger partial charge in [-0.3, -0.25) is 4.98 Å². The van der Waals surface area contributed by atoms with Crippen LogP contribution in [0.15, 0.2) is 67.3 Å². The fourth-order valence-electron chi connectivity index (χ4n) is 4.70. The van der Waals surface area contributed by atoms with Gasteiger partial charge in [0.05, 0.1) is 24.7 Å². The van der Waals surface area contributed by atoms with Gasteiger partial charge >= 0.3 is 0 Å². The van der Waals surface area contributed by atoms with Crippen molar-refractivity contribution in [2.24, 2.45) is 0 Å². The summed E-state index contributed by atoms with van der Waals surface area (Å²) in [5, 5.41) is 1.93. The molecule has 5 aromatic rings. The van der Waals surface area contributed by atoms with Crippen LogP contribution < -0.4 is 0 Å². The van der Waals surface area contributed by atoms with Crippen LogP contribution in [0.4, 0.5) is 4.39 Å². The summed E-state index contributed by atoms with van der Waals surface area (Å²) in [6.07, 6.45) is 10.4. The number of pyridine rings is 3. The van der Waals surface area contributed by atoms with E-state index < -0.39 is 10.0 Å². The molecule has 1 aliphatic rings. The van der Waals surface area contributed by atoms with E-state index >= 15 is 0 Å². The maximum Gasteiger partial charge on any atom is 0.211 e. The largest absolute Gasteiger partial charge is 0.339 e. The zero-order valence-electron chi connectivity index (χ0n) is 19.5. The zero-order valence-corrected chi connectivity index (χ0v) is 20.3. The Hall–Kier alpha value is -3.89. The molecule has 182 valence electrons. The van der Waals surface area contributed by atoms with Gasteiger partial charge in [0.15, 0.2) is 0 Å². The molecule has 0 fully saturated rings. The van der Waals surface area contributed by atoms with Crippen molar-refractivity contribution in [2.75, 3.05) is 19.3 Å². The third-order valence-corrected chi connectivity index (χ3v) is 7.79. The van der Waals surface area contributed by atoms with Gasteiger partial charge in [-0.05, 0) is 54.0 Å². The number of nitrogens with one attached hydrogen (secondary N) is 1. The maximum absolute atomic E-state index is 13.6. The number of H-pyrrole nitrogens is 1. The summed E-state index contributed by atoms with van der Waals surface area (Å²) in [7, 11) is -3.20. The summed E-state index contributed by atoms with van der Waals surface area (Å²) in [5.74, 6) is -0.364. The second-order valence-electron chi connectivity index (χ2n) is 8.97. The average Bonchev–Trinajstić information content (AvgIpc) is 3.48. The lowest BCUT2D eigenvalue weighted by Gasteiger charge is -2.23. The summed E-state index contributed by atoms with van der Waals surface area (Å²) in [6.45, 7) is 1.28. The van der Waals surface area contributed by atoms with Crippen molar-refractivity contribution in [1.29, 1.82) is 0 Å². The van der Waals surface area contributed by atoms with E-state index in [9.17, 15) is 12.8 Å². The Labute approximate surface area is 207 Å². The molecule has 8 nitrogen and oxygen atoms in total. The van der Waals surface area contributed by atoms with Crippen LogP contribution in [0, 0.1) is 5.82 Å². The molecule has 36 heavy (non-hydrogen) atoms. The lowest BCUT2D eigenvalue weighted by Crippen LogP contribution is -2.33. The molecule has 0 spiro atoms. The van der Waals surface area contributed by atoms with Crippen molar-refractivity contribution >= 4 is 37.7 Å². The van der Waals surface area contributed by atoms with E-state index in [0.717, 1.165) is 50.2 Å². The van der Waals surface area contributed by atoms with Gasteiger partial charge in [-0.2, -0.15) is 4.31 Å². The van der Waals surface area contributed by atoms with Gasteiger partial charge in [0.2, 0.25) is 10.0 Å². The molecule has 6 rings (SSSR count). The van der Waals surface area contributed by atoms with Crippen LogP contribution in [-0.2, 0) is 16.6 Å². The van der Waals surface area contributed by atoms with E-state index in [1.54, 1.807) is 12.4 Å². The smallest absolute Gasteiger partial charge is 0.211 e. The summed E-state index contributed by atoms with van der Waals surface area (Å²) < 4.78 is 40.7. The number of hydrogen-bond acceptors (Lipinski definition) is 5. The van der Waals surface area contributed by atoms with Gasteiger partial charge in [0.25, 0.3) is 0 Å². The SMILES string of the molecule is CS(=O)(=O)N1CC=C(c2cc3c(-c4ccc5ccn(Cc6cncc(F)c6)c5n4)ccnc3[nH]2)CC1. The molecule has 0 aromatic carbocycles. The number of aromatic amines is 1. The third-order valence-electron chi connectivity index (χ3n) is 6.52. The Bertz CT molecular complexity index is 1760. The Morgan fingerprint density at radius 2 is 2.03 bits per heavy atom. The molecule has 6 heterocycles. The highest BCUT2D eigenvalue weighted by Crippen LogP contribution is 2.32. The van der Waals surface area contributed by atoms with E-state index in [0.29, 0.717) is 26.1 Å². The van der Waals surface area contributed by atoms with Crippen molar-refractivity contribution in [2.45, 2.75) is 13.0 Å². The minimum Gasteiger partial charge on any atom is -0.339 e. The Morgan fingerprint density at radius 3 is 2.81 bits per heavy atom. The second kappa shape index (κ2) is 8.65. The van der Waals surface area contributed by atoms with Gasteiger partial charge in [-0.1, -0.05) is 6.08 Å². The molecule has 1 N–H and O–H groups in total. The molecule has 0 aliphatic carbocycles. The number of aromatic nitrogens is 5. The van der Waals surface area contributed by atoms with E-state index in [-0.39, 0.29) is 5.82 Å². The molecule has 0 amide bonds. The quantitative estimate of drug-likeness (QED) is 0.388. The van der Waals surface area contributed by atoms with E-state index in [2.05, 4.69) is 21.0 Å².